The van der Waals surface area contributed by atoms with Crippen LogP contribution in [-0.2, 0) is 11.3 Å². The van der Waals surface area contributed by atoms with Gasteiger partial charge in [-0.2, -0.15) is 0 Å². The summed E-state index contributed by atoms with van der Waals surface area (Å²) in [6.45, 7) is 2.07. The molecular formula is C23H29N5O3S. The Morgan fingerprint density at radius 2 is 1.78 bits per heavy atom. The number of nitrogens with one attached hydrogen (secondary N) is 3. The van der Waals surface area contributed by atoms with Crippen LogP contribution in [0.2, 0.25) is 0 Å². The Morgan fingerprint density at radius 1 is 1.16 bits per heavy atom. The second-order valence-corrected chi connectivity index (χ2v) is 11.1. The average Bonchev–Trinajstić information content (AvgIpc) is 3.06. The van der Waals surface area contributed by atoms with Gasteiger partial charge in [0.2, 0.25) is 5.91 Å². The van der Waals surface area contributed by atoms with E-state index in [2.05, 4.69) is 20.8 Å². The lowest BCUT2D eigenvalue weighted by Gasteiger charge is -2.56. The van der Waals surface area contributed by atoms with E-state index in [1.54, 1.807) is 6.92 Å². The third kappa shape index (κ3) is 4.35. The summed E-state index contributed by atoms with van der Waals surface area (Å²) in [7, 11) is 0. The van der Waals surface area contributed by atoms with Gasteiger partial charge in [-0.05, 0) is 68.8 Å². The fourth-order valence-corrected chi connectivity index (χ4v) is 7.11. The van der Waals surface area contributed by atoms with Crippen molar-refractivity contribution in [3.05, 3.63) is 46.4 Å². The summed E-state index contributed by atoms with van der Waals surface area (Å²) >= 11 is 1.16. The van der Waals surface area contributed by atoms with Gasteiger partial charge in [0.05, 0.1) is 11.8 Å². The van der Waals surface area contributed by atoms with E-state index in [-0.39, 0.29) is 17.1 Å². The van der Waals surface area contributed by atoms with Crippen LogP contribution in [0.3, 0.4) is 0 Å². The first-order chi connectivity index (χ1) is 15.4. The number of carbonyl (C=O) groups excluding carboxylic acids is 2. The van der Waals surface area contributed by atoms with Crippen molar-refractivity contribution in [2.24, 2.45) is 17.8 Å². The van der Waals surface area contributed by atoms with Crippen LogP contribution in [0.1, 0.15) is 51.0 Å². The molecule has 0 spiro atoms. The molecule has 32 heavy (non-hydrogen) atoms. The molecular weight excluding hydrogens is 426 g/mol. The zero-order chi connectivity index (χ0) is 22.3. The molecule has 170 valence electrons. The maximum Gasteiger partial charge on any atom is 0.344 e. The molecule has 1 unspecified atom stereocenters. The lowest BCUT2D eigenvalue weighted by atomic mass is 9.53. The molecule has 1 aromatic carbocycles. The Morgan fingerprint density at radius 3 is 2.41 bits per heavy atom. The largest absolute Gasteiger partial charge is 0.344 e. The number of hydrogen-bond donors (Lipinski definition) is 3. The predicted octanol–water partition coefficient (Wildman–Crippen LogP) is 2.89. The van der Waals surface area contributed by atoms with E-state index in [9.17, 15) is 14.4 Å². The number of nitrogens with zero attached hydrogens (tertiary/aromatic N) is 2. The highest BCUT2D eigenvalue weighted by Gasteiger charge is 2.51. The third-order valence-electron chi connectivity index (χ3n) is 7.21. The summed E-state index contributed by atoms with van der Waals surface area (Å²) in [5.41, 5.74) is 0.488. The molecule has 3 N–H and O–H groups in total. The van der Waals surface area contributed by atoms with Gasteiger partial charge in [-0.1, -0.05) is 42.1 Å². The molecule has 0 radical (unpaired) electrons. The zero-order valence-electron chi connectivity index (χ0n) is 18.2. The first-order valence-electron chi connectivity index (χ1n) is 11.4. The summed E-state index contributed by atoms with van der Waals surface area (Å²) in [6.07, 6.45) is 6.98. The number of thioether (sulfide) groups is 1. The molecule has 4 bridgehead atoms. The van der Waals surface area contributed by atoms with E-state index in [1.165, 1.54) is 23.8 Å². The van der Waals surface area contributed by atoms with Crippen LogP contribution in [0.25, 0.3) is 0 Å². The number of benzene rings is 1. The molecule has 4 saturated carbocycles. The molecule has 8 nitrogen and oxygen atoms in total. The van der Waals surface area contributed by atoms with Crippen molar-refractivity contribution in [3.8, 4) is 0 Å². The van der Waals surface area contributed by atoms with Crippen molar-refractivity contribution < 1.29 is 9.59 Å². The number of urea groups is 1. The fraction of sp³-hybridized carbons (Fsp3) is 0.565. The molecule has 6 rings (SSSR count). The van der Waals surface area contributed by atoms with Gasteiger partial charge in [-0.15, -0.1) is 5.10 Å². The topological polar surface area (TPSA) is 109 Å². The number of aromatic amines is 1. The van der Waals surface area contributed by atoms with Crippen LogP contribution in [0.15, 0.2) is 40.3 Å². The van der Waals surface area contributed by atoms with Crippen molar-refractivity contribution in [2.45, 2.75) is 67.9 Å². The van der Waals surface area contributed by atoms with E-state index < -0.39 is 11.3 Å². The maximum absolute atomic E-state index is 12.7. The van der Waals surface area contributed by atoms with Crippen molar-refractivity contribution >= 4 is 23.7 Å². The SMILES string of the molecule is CC(Sc1n[nH]c(=O)n1Cc1ccccc1)C(=O)NC(=O)NC12CC3CC(CC(C3)C1)C2. The quantitative estimate of drug-likeness (QED) is 0.581. The molecule has 4 aliphatic rings. The van der Waals surface area contributed by atoms with Gasteiger partial charge in [-0.3, -0.25) is 14.7 Å². The number of rotatable bonds is 6. The fourth-order valence-electron chi connectivity index (χ4n) is 6.26. The molecule has 0 aliphatic heterocycles. The predicted molar refractivity (Wildman–Crippen MR) is 121 cm³/mol. The average molecular weight is 456 g/mol. The smallest absolute Gasteiger partial charge is 0.332 e. The van der Waals surface area contributed by atoms with Gasteiger partial charge in [0.15, 0.2) is 5.16 Å². The number of imide groups is 1. The Balaban J connectivity index is 1.19. The molecule has 2 aromatic rings. The normalized spacial score (nSPS) is 29.0. The summed E-state index contributed by atoms with van der Waals surface area (Å²) in [5, 5.41) is 12.0. The molecule has 3 amide bonds. The van der Waals surface area contributed by atoms with Gasteiger partial charge in [0.1, 0.15) is 0 Å². The summed E-state index contributed by atoms with van der Waals surface area (Å²) in [5.74, 6) is 1.76. The van der Waals surface area contributed by atoms with Gasteiger partial charge in [0.25, 0.3) is 0 Å². The summed E-state index contributed by atoms with van der Waals surface area (Å²) in [4.78, 5) is 37.6. The molecule has 1 heterocycles. The monoisotopic (exact) mass is 455 g/mol. The van der Waals surface area contributed by atoms with Gasteiger partial charge in [-0.25, -0.2) is 14.7 Å². The van der Waals surface area contributed by atoms with Crippen LogP contribution in [0, 0.1) is 17.8 Å². The van der Waals surface area contributed by atoms with E-state index in [0.717, 1.165) is 36.6 Å². The van der Waals surface area contributed by atoms with Gasteiger partial charge >= 0.3 is 11.7 Å². The Kier molecular flexibility index (Phi) is 5.61. The molecule has 4 fully saturated rings. The van der Waals surface area contributed by atoms with Crippen LogP contribution in [0.4, 0.5) is 4.79 Å². The Hall–Kier alpha value is -2.55. The van der Waals surface area contributed by atoms with Crippen molar-refractivity contribution in [1.82, 2.24) is 25.4 Å². The first-order valence-corrected chi connectivity index (χ1v) is 12.3. The van der Waals surface area contributed by atoms with Crippen LogP contribution in [0.5, 0.6) is 0 Å². The maximum atomic E-state index is 12.7. The highest BCUT2D eigenvalue weighted by molar-refractivity contribution is 8.00. The van der Waals surface area contributed by atoms with Crippen molar-refractivity contribution in [2.75, 3.05) is 0 Å². The summed E-state index contributed by atoms with van der Waals surface area (Å²) in [6, 6.07) is 9.18. The highest BCUT2D eigenvalue weighted by atomic mass is 32.2. The minimum Gasteiger partial charge on any atom is -0.332 e. The Bertz CT molecular complexity index is 1030. The second kappa shape index (κ2) is 8.42. The number of carbonyl (C=O) groups is 2. The van der Waals surface area contributed by atoms with E-state index in [0.29, 0.717) is 29.5 Å². The zero-order valence-corrected chi connectivity index (χ0v) is 19.0. The number of H-pyrrole nitrogens is 1. The van der Waals surface area contributed by atoms with Crippen LogP contribution in [-0.4, -0.2) is 37.5 Å². The van der Waals surface area contributed by atoms with Gasteiger partial charge in [0, 0.05) is 5.54 Å². The lowest BCUT2D eigenvalue weighted by Crippen LogP contribution is -2.62. The van der Waals surface area contributed by atoms with E-state index in [1.807, 2.05) is 30.3 Å². The number of aromatic nitrogens is 3. The standard InChI is InChI=1S/C23H29N5O3S/c1-14(32-22-27-26-21(31)28(22)13-15-5-3-2-4-6-15)19(29)24-20(30)25-23-10-16-7-17(11-23)9-18(8-16)12-23/h2-6,14,16-18H,7-13H2,1H3,(H,26,31)(H2,24,25,29,30). The van der Waals surface area contributed by atoms with Crippen LogP contribution >= 0.6 is 11.8 Å². The minimum absolute atomic E-state index is 0.145. The third-order valence-corrected chi connectivity index (χ3v) is 8.30. The highest BCUT2D eigenvalue weighted by Crippen LogP contribution is 2.55. The van der Waals surface area contributed by atoms with Gasteiger partial charge < -0.3 is 5.32 Å². The molecule has 9 heteroatoms. The molecule has 4 aliphatic carbocycles. The van der Waals surface area contributed by atoms with Crippen molar-refractivity contribution in [1.29, 1.82) is 0 Å². The lowest BCUT2D eigenvalue weighted by molar-refractivity contribution is -0.119. The molecule has 1 atom stereocenters. The van der Waals surface area contributed by atoms with E-state index in [4.69, 9.17) is 0 Å². The summed E-state index contributed by atoms with van der Waals surface area (Å²) < 4.78 is 1.50. The van der Waals surface area contributed by atoms with E-state index >= 15 is 0 Å². The minimum atomic E-state index is -0.582. The number of amides is 3. The van der Waals surface area contributed by atoms with Crippen molar-refractivity contribution in [3.63, 3.8) is 0 Å². The molecule has 0 saturated heterocycles. The van der Waals surface area contributed by atoms with Crippen LogP contribution < -0.4 is 16.3 Å². The second-order valence-electron chi connectivity index (χ2n) is 9.78. The number of hydrogen-bond acceptors (Lipinski definition) is 5. The first kappa shape index (κ1) is 21.3. The molecule has 1 aromatic heterocycles. The Labute approximate surface area is 190 Å².